The van der Waals surface area contributed by atoms with E-state index in [0.717, 1.165) is 68.7 Å². The molecule has 4 heterocycles. The highest BCUT2D eigenvalue weighted by Gasteiger charge is 2.29. The van der Waals surface area contributed by atoms with Crippen LogP contribution in [0.5, 0.6) is 0 Å². The molecule has 0 spiro atoms. The van der Waals surface area contributed by atoms with Gasteiger partial charge in [0.25, 0.3) is 0 Å². The zero-order chi connectivity index (χ0) is 26.2. The van der Waals surface area contributed by atoms with Gasteiger partial charge >= 0.3 is 0 Å². The predicted molar refractivity (Wildman–Crippen MR) is 142 cm³/mol. The Hall–Kier alpha value is -2.97. The lowest BCUT2D eigenvalue weighted by Crippen LogP contribution is -2.44. The first-order chi connectivity index (χ1) is 18.5. The smallest absolute Gasteiger partial charge is 0.189 e. The van der Waals surface area contributed by atoms with Crippen molar-refractivity contribution in [2.24, 2.45) is 0 Å². The van der Waals surface area contributed by atoms with E-state index in [1.807, 2.05) is 6.20 Å². The van der Waals surface area contributed by atoms with E-state index in [9.17, 15) is 9.18 Å². The molecule has 0 N–H and O–H groups in total. The number of halogens is 1. The first-order valence-corrected chi connectivity index (χ1v) is 14.0. The Morgan fingerprint density at radius 3 is 2.39 bits per heavy atom. The molecule has 38 heavy (non-hydrogen) atoms. The second-order valence-electron chi connectivity index (χ2n) is 11.2. The molecule has 0 bridgehead atoms. The SMILES string of the molecule is Cc1cc(CC(=O)c2cnn(-c3ncc(C4CC4)cc3F)c2C)cnc1C1CCC(N2CCOCC2)CC1. The lowest BCUT2D eigenvalue weighted by Gasteiger charge is -2.38. The van der Waals surface area contributed by atoms with Crippen molar-refractivity contribution in [1.82, 2.24) is 24.6 Å². The monoisotopic (exact) mass is 517 g/mol. The normalized spacial score (nSPS) is 22.5. The molecule has 1 saturated heterocycles. The van der Waals surface area contributed by atoms with Crippen LogP contribution in [0, 0.1) is 19.7 Å². The molecule has 200 valence electrons. The van der Waals surface area contributed by atoms with Gasteiger partial charge in [-0.05, 0) is 81.0 Å². The van der Waals surface area contributed by atoms with Gasteiger partial charge in [-0.1, -0.05) is 6.07 Å². The van der Waals surface area contributed by atoms with Gasteiger partial charge in [-0.2, -0.15) is 5.10 Å². The minimum absolute atomic E-state index is 0.0521. The van der Waals surface area contributed by atoms with E-state index in [4.69, 9.17) is 9.72 Å². The van der Waals surface area contributed by atoms with Crippen molar-refractivity contribution in [1.29, 1.82) is 0 Å². The van der Waals surface area contributed by atoms with E-state index in [1.54, 1.807) is 19.2 Å². The standard InChI is InChI=1S/C30H36FN5O2/c1-19-13-21(16-32-29(19)23-5-7-25(8-6-23)35-9-11-38-12-10-35)14-28(37)26-18-34-36(20(26)2)30-27(31)15-24(17-33-30)22-3-4-22/h13,15-18,22-23,25H,3-12,14H2,1-2H3. The first kappa shape index (κ1) is 25.3. The third-order valence-electron chi connectivity index (χ3n) is 8.59. The highest BCUT2D eigenvalue weighted by molar-refractivity contribution is 5.98. The molecular weight excluding hydrogens is 481 g/mol. The number of aromatic nitrogens is 4. The average Bonchev–Trinajstić information content (AvgIpc) is 3.71. The van der Waals surface area contributed by atoms with Crippen LogP contribution in [0.15, 0.2) is 30.7 Å². The van der Waals surface area contributed by atoms with E-state index in [2.05, 4.69) is 28.0 Å². The fourth-order valence-electron chi connectivity index (χ4n) is 6.24. The van der Waals surface area contributed by atoms with Crippen molar-refractivity contribution >= 4 is 5.78 Å². The maximum atomic E-state index is 14.8. The summed E-state index contributed by atoms with van der Waals surface area (Å²) in [5.74, 6) is 0.579. The Balaban J connectivity index is 1.10. The lowest BCUT2D eigenvalue weighted by molar-refractivity contribution is 0.00719. The van der Waals surface area contributed by atoms with Crippen LogP contribution in [0.2, 0.25) is 0 Å². The number of ether oxygens (including phenoxy) is 1. The Bertz CT molecular complexity index is 1320. The maximum Gasteiger partial charge on any atom is 0.189 e. The van der Waals surface area contributed by atoms with Crippen LogP contribution in [0.4, 0.5) is 4.39 Å². The highest BCUT2D eigenvalue weighted by atomic mass is 19.1. The largest absolute Gasteiger partial charge is 0.379 e. The number of hydrogen-bond acceptors (Lipinski definition) is 6. The minimum Gasteiger partial charge on any atom is -0.379 e. The van der Waals surface area contributed by atoms with Crippen LogP contribution >= 0.6 is 0 Å². The molecule has 0 aromatic carbocycles. The Morgan fingerprint density at radius 2 is 1.71 bits per heavy atom. The third-order valence-corrected chi connectivity index (χ3v) is 8.59. The van der Waals surface area contributed by atoms with Gasteiger partial charge < -0.3 is 4.74 Å². The first-order valence-electron chi connectivity index (χ1n) is 14.0. The number of Topliss-reactive ketones (excluding diaryl/α,β-unsaturated/α-hetero) is 1. The summed E-state index contributed by atoms with van der Waals surface area (Å²) in [5.41, 5.74) is 5.23. The summed E-state index contributed by atoms with van der Waals surface area (Å²) >= 11 is 0. The van der Waals surface area contributed by atoms with Crippen LogP contribution in [0.3, 0.4) is 0 Å². The average molecular weight is 518 g/mol. The number of carbonyl (C=O) groups excluding carboxylic acids is 1. The fraction of sp³-hybridized carbons (Fsp3) is 0.533. The number of carbonyl (C=O) groups is 1. The molecule has 1 aliphatic heterocycles. The zero-order valence-electron chi connectivity index (χ0n) is 22.3. The number of nitrogens with zero attached hydrogens (tertiary/aromatic N) is 5. The molecule has 6 rings (SSSR count). The van der Waals surface area contributed by atoms with Gasteiger partial charge in [-0.25, -0.2) is 14.1 Å². The molecule has 0 amide bonds. The predicted octanol–water partition coefficient (Wildman–Crippen LogP) is 5.08. The molecule has 0 atom stereocenters. The molecule has 2 saturated carbocycles. The number of pyridine rings is 2. The fourth-order valence-corrected chi connectivity index (χ4v) is 6.24. The quantitative estimate of drug-likeness (QED) is 0.407. The maximum absolute atomic E-state index is 14.8. The summed E-state index contributed by atoms with van der Waals surface area (Å²) in [7, 11) is 0. The van der Waals surface area contributed by atoms with E-state index in [-0.39, 0.29) is 18.0 Å². The van der Waals surface area contributed by atoms with Crippen LogP contribution in [0.25, 0.3) is 5.82 Å². The van der Waals surface area contributed by atoms with Crippen molar-refractivity contribution in [2.45, 2.75) is 76.7 Å². The Labute approximate surface area is 223 Å². The summed E-state index contributed by atoms with van der Waals surface area (Å²) in [6, 6.07) is 4.32. The van der Waals surface area contributed by atoms with Gasteiger partial charge in [-0.15, -0.1) is 0 Å². The Kier molecular flexibility index (Phi) is 7.10. The summed E-state index contributed by atoms with van der Waals surface area (Å²) in [5, 5.41) is 4.30. The minimum atomic E-state index is -0.408. The molecule has 2 aliphatic carbocycles. The van der Waals surface area contributed by atoms with E-state index in [1.165, 1.54) is 29.4 Å². The highest BCUT2D eigenvalue weighted by Crippen LogP contribution is 2.40. The van der Waals surface area contributed by atoms with Gasteiger partial charge in [0.15, 0.2) is 17.4 Å². The lowest BCUT2D eigenvalue weighted by atomic mass is 9.81. The third kappa shape index (κ3) is 5.16. The van der Waals surface area contributed by atoms with Gasteiger partial charge in [0.1, 0.15) is 0 Å². The number of ketones is 1. The Morgan fingerprint density at radius 1 is 0.974 bits per heavy atom. The van der Waals surface area contributed by atoms with Crippen LogP contribution in [-0.4, -0.2) is 62.8 Å². The van der Waals surface area contributed by atoms with Crippen LogP contribution in [0.1, 0.15) is 88.8 Å². The number of morpholine rings is 1. The topological polar surface area (TPSA) is 73.1 Å². The van der Waals surface area contributed by atoms with Gasteiger partial charge in [0.2, 0.25) is 0 Å². The molecule has 3 fully saturated rings. The summed E-state index contributed by atoms with van der Waals surface area (Å²) in [6.45, 7) is 7.69. The van der Waals surface area contributed by atoms with Gasteiger partial charge in [-0.3, -0.25) is 14.7 Å². The summed E-state index contributed by atoms with van der Waals surface area (Å²) in [6.07, 6.45) is 12.2. The van der Waals surface area contributed by atoms with E-state index < -0.39 is 5.82 Å². The molecule has 0 unspecified atom stereocenters. The molecule has 7 nitrogen and oxygen atoms in total. The van der Waals surface area contributed by atoms with E-state index in [0.29, 0.717) is 29.1 Å². The molecule has 3 aromatic heterocycles. The van der Waals surface area contributed by atoms with Crippen molar-refractivity contribution in [2.75, 3.05) is 26.3 Å². The number of rotatable bonds is 7. The van der Waals surface area contributed by atoms with Crippen molar-refractivity contribution in [3.8, 4) is 5.82 Å². The number of hydrogen-bond donors (Lipinski definition) is 0. The molecule has 3 aliphatic rings. The zero-order valence-corrected chi connectivity index (χ0v) is 22.3. The van der Waals surface area contributed by atoms with Crippen LogP contribution in [-0.2, 0) is 11.2 Å². The van der Waals surface area contributed by atoms with Gasteiger partial charge in [0, 0.05) is 49.6 Å². The van der Waals surface area contributed by atoms with Crippen LogP contribution < -0.4 is 0 Å². The molecule has 8 heteroatoms. The van der Waals surface area contributed by atoms with Crippen molar-refractivity contribution in [3.05, 3.63) is 70.2 Å². The van der Waals surface area contributed by atoms with Crippen molar-refractivity contribution < 1.29 is 13.9 Å². The van der Waals surface area contributed by atoms with Gasteiger partial charge in [0.05, 0.1) is 30.7 Å². The molecular formula is C30H36FN5O2. The van der Waals surface area contributed by atoms with Crippen molar-refractivity contribution in [3.63, 3.8) is 0 Å². The number of aryl methyl sites for hydroxylation is 1. The summed E-state index contributed by atoms with van der Waals surface area (Å²) < 4.78 is 21.7. The molecule has 0 radical (unpaired) electrons. The molecule has 3 aromatic rings. The van der Waals surface area contributed by atoms with E-state index >= 15 is 0 Å². The summed E-state index contributed by atoms with van der Waals surface area (Å²) in [4.78, 5) is 24.9. The second-order valence-corrected chi connectivity index (χ2v) is 11.2. The second kappa shape index (κ2) is 10.7.